The van der Waals surface area contributed by atoms with Crippen LogP contribution in [0.4, 0.5) is 10.9 Å². The van der Waals surface area contributed by atoms with E-state index in [1.54, 1.807) is 11.3 Å². The summed E-state index contributed by atoms with van der Waals surface area (Å²) in [5, 5.41) is 7.58. The summed E-state index contributed by atoms with van der Waals surface area (Å²) in [6.07, 6.45) is 4.63. The first-order chi connectivity index (χ1) is 10.8. The SMILES string of the molecule is CCc1cc(N2CCN(c3nccs3)CC2)n2nccc2n1. The van der Waals surface area contributed by atoms with Gasteiger partial charge in [-0.2, -0.15) is 9.61 Å². The molecule has 22 heavy (non-hydrogen) atoms. The third kappa shape index (κ3) is 2.31. The molecule has 0 aliphatic carbocycles. The number of piperazine rings is 1. The Labute approximate surface area is 133 Å². The van der Waals surface area contributed by atoms with Gasteiger partial charge >= 0.3 is 0 Å². The van der Waals surface area contributed by atoms with Crippen LogP contribution in [0.2, 0.25) is 0 Å². The molecule has 7 heteroatoms. The third-order valence-electron chi connectivity index (χ3n) is 4.05. The molecule has 3 aromatic heterocycles. The Kier molecular flexibility index (Phi) is 3.42. The molecule has 0 bridgehead atoms. The summed E-state index contributed by atoms with van der Waals surface area (Å²) < 4.78 is 1.94. The highest BCUT2D eigenvalue weighted by atomic mass is 32.1. The van der Waals surface area contributed by atoms with E-state index in [2.05, 4.69) is 37.9 Å². The van der Waals surface area contributed by atoms with Gasteiger partial charge in [0.15, 0.2) is 10.8 Å². The second-order valence-electron chi connectivity index (χ2n) is 5.35. The summed E-state index contributed by atoms with van der Waals surface area (Å²) in [6.45, 7) is 6.06. The van der Waals surface area contributed by atoms with Crippen molar-refractivity contribution >= 4 is 27.9 Å². The van der Waals surface area contributed by atoms with Crippen molar-refractivity contribution in [1.82, 2.24) is 19.6 Å². The molecule has 1 aliphatic rings. The normalized spacial score (nSPS) is 15.7. The molecule has 4 rings (SSSR count). The molecule has 0 atom stereocenters. The molecule has 4 heterocycles. The predicted molar refractivity (Wildman–Crippen MR) is 88.9 cm³/mol. The van der Waals surface area contributed by atoms with Crippen molar-refractivity contribution in [2.24, 2.45) is 0 Å². The van der Waals surface area contributed by atoms with Gasteiger partial charge in [0, 0.05) is 55.6 Å². The lowest BCUT2D eigenvalue weighted by Crippen LogP contribution is -2.47. The minimum atomic E-state index is 0.928. The van der Waals surface area contributed by atoms with Crippen LogP contribution < -0.4 is 9.80 Å². The second-order valence-corrected chi connectivity index (χ2v) is 6.22. The molecule has 114 valence electrons. The minimum Gasteiger partial charge on any atom is -0.353 e. The van der Waals surface area contributed by atoms with Crippen LogP contribution in [0.25, 0.3) is 5.65 Å². The van der Waals surface area contributed by atoms with Gasteiger partial charge in [-0.05, 0) is 6.42 Å². The number of fused-ring (bicyclic) bond motifs is 1. The van der Waals surface area contributed by atoms with Crippen molar-refractivity contribution in [2.45, 2.75) is 13.3 Å². The molecular weight excluding hydrogens is 296 g/mol. The highest BCUT2D eigenvalue weighted by Crippen LogP contribution is 2.23. The Morgan fingerprint density at radius 1 is 1.14 bits per heavy atom. The Hall–Kier alpha value is -2.15. The molecule has 0 radical (unpaired) electrons. The van der Waals surface area contributed by atoms with E-state index in [4.69, 9.17) is 0 Å². The molecule has 6 nitrogen and oxygen atoms in total. The van der Waals surface area contributed by atoms with Gasteiger partial charge in [0.25, 0.3) is 0 Å². The van der Waals surface area contributed by atoms with Crippen LogP contribution in [0.3, 0.4) is 0 Å². The van der Waals surface area contributed by atoms with E-state index in [1.807, 2.05) is 28.4 Å². The molecular formula is C15H18N6S. The lowest BCUT2D eigenvalue weighted by Gasteiger charge is -2.35. The predicted octanol–water partition coefficient (Wildman–Crippen LogP) is 2.07. The maximum absolute atomic E-state index is 4.62. The fourth-order valence-electron chi connectivity index (χ4n) is 2.85. The van der Waals surface area contributed by atoms with E-state index in [0.29, 0.717) is 0 Å². The Morgan fingerprint density at radius 2 is 1.95 bits per heavy atom. The first-order valence-electron chi connectivity index (χ1n) is 7.58. The van der Waals surface area contributed by atoms with E-state index in [0.717, 1.165) is 54.9 Å². The number of hydrogen-bond acceptors (Lipinski definition) is 6. The Balaban J connectivity index is 1.59. The highest BCUT2D eigenvalue weighted by Gasteiger charge is 2.21. The van der Waals surface area contributed by atoms with Gasteiger partial charge in [0.2, 0.25) is 0 Å². The van der Waals surface area contributed by atoms with Crippen molar-refractivity contribution in [1.29, 1.82) is 0 Å². The zero-order chi connectivity index (χ0) is 14.9. The van der Waals surface area contributed by atoms with Gasteiger partial charge in [0.1, 0.15) is 5.82 Å². The van der Waals surface area contributed by atoms with E-state index in [1.165, 1.54) is 0 Å². The first-order valence-corrected chi connectivity index (χ1v) is 8.46. The zero-order valence-corrected chi connectivity index (χ0v) is 13.3. The highest BCUT2D eigenvalue weighted by molar-refractivity contribution is 7.13. The first kappa shape index (κ1) is 13.5. The van der Waals surface area contributed by atoms with Gasteiger partial charge in [0.05, 0.1) is 6.20 Å². The molecule has 1 aliphatic heterocycles. The summed E-state index contributed by atoms with van der Waals surface area (Å²) in [5.41, 5.74) is 2.04. The molecule has 0 spiro atoms. The summed E-state index contributed by atoms with van der Waals surface area (Å²) in [7, 11) is 0. The molecule has 0 amide bonds. The van der Waals surface area contributed by atoms with Gasteiger partial charge in [-0.3, -0.25) is 0 Å². The maximum Gasteiger partial charge on any atom is 0.185 e. The molecule has 3 aromatic rings. The number of anilines is 2. The average molecular weight is 314 g/mol. The number of aromatic nitrogens is 4. The topological polar surface area (TPSA) is 49.6 Å². The lowest BCUT2D eigenvalue weighted by molar-refractivity contribution is 0.637. The molecule has 0 aromatic carbocycles. The monoisotopic (exact) mass is 314 g/mol. The fourth-order valence-corrected chi connectivity index (χ4v) is 3.55. The Morgan fingerprint density at radius 3 is 2.68 bits per heavy atom. The van der Waals surface area contributed by atoms with Crippen LogP contribution in [0.15, 0.2) is 29.9 Å². The number of thiazole rings is 1. The van der Waals surface area contributed by atoms with Crippen molar-refractivity contribution in [3.63, 3.8) is 0 Å². The van der Waals surface area contributed by atoms with Crippen LogP contribution in [0.1, 0.15) is 12.6 Å². The number of rotatable bonds is 3. The summed E-state index contributed by atoms with van der Waals surface area (Å²) in [6, 6.07) is 4.13. The number of aryl methyl sites for hydroxylation is 1. The quantitative estimate of drug-likeness (QED) is 0.741. The van der Waals surface area contributed by atoms with Gasteiger partial charge < -0.3 is 9.80 Å². The largest absolute Gasteiger partial charge is 0.353 e. The molecule has 0 N–H and O–H groups in total. The van der Waals surface area contributed by atoms with Crippen LogP contribution in [0.5, 0.6) is 0 Å². The van der Waals surface area contributed by atoms with Crippen LogP contribution in [-0.4, -0.2) is 45.8 Å². The van der Waals surface area contributed by atoms with Gasteiger partial charge in [-0.25, -0.2) is 9.97 Å². The van der Waals surface area contributed by atoms with E-state index >= 15 is 0 Å². The Bertz CT molecular complexity index is 758. The fraction of sp³-hybridized carbons (Fsp3) is 0.400. The van der Waals surface area contributed by atoms with Crippen LogP contribution in [0, 0.1) is 0 Å². The van der Waals surface area contributed by atoms with Crippen molar-refractivity contribution < 1.29 is 0 Å². The smallest absolute Gasteiger partial charge is 0.185 e. The minimum absolute atomic E-state index is 0.928. The van der Waals surface area contributed by atoms with E-state index in [-0.39, 0.29) is 0 Å². The van der Waals surface area contributed by atoms with Crippen molar-refractivity contribution in [3.8, 4) is 0 Å². The zero-order valence-electron chi connectivity index (χ0n) is 12.5. The van der Waals surface area contributed by atoms with Crippen molar-refractivity contribution in [2.75, 3.05) is 36.0 Å². The van der Waals surface area contributed by atoms with Crippen LogP contribution >= 0.6 is 11.3 Å². The molecule has 1 fully saturated rings. The second kappa shape index (κ2) is 5.57. The summed E-state index contributed by atoms with van der Waals surface area (Å²) >= 11 is 1.71. The van der Waals surface area contributed by atoms with E-state index < -0.39 is 0 Å². The number of nitrogens with zero attached hydrogens (tertiary/aromatic N) is 6. The van der Waals surface area contributed by atoms with Crippen molar-refractivity contribution in [3.05, 3.63) is 35.6 Å². The number of hydrogen-bond donors (Lipinski definition) is 0. The van der Waals surface area contributed by atoms with E-state index in [9.17, 15) is 0 Å². The molecule has 1 saturated heterocycles. The van der Waals surface area contributed by atoms with Gasteiger partial charge in [-0.1, -0.05) is 6.92 Å². The third-order valence-corrected chi connectivity index (χ3v) is 4.88. The summed E-state index contributed by atoms with van der Waals surface area (Å²) in [4.78, 5) is 13.8. The van der Waals surface area contributed by atoms with Gasteiger partial charge in [-0.15, -0.1) is 11.3 Å². The van der Waals surface area contributed by atoms with Crippen LogP contribution in [-0.2, 0) is 6.42 Å². The standard InChI is InChI=1S/C15H18N6S/c1-2-12-11-14(21-13(18-12)3-4-17-21)19-6-8-20(9-7-19)15-16-5-10-22-15/h3-5,10-11H,2,6-9H2,1H3. The average Bonchev–Trinajstić information content (AvgIpc) is 3.25. The lowest BCUT2D eigenvalue weighted by atomic mass is 10.2. The molecule has 0 unspecified atom stereocenters. The maximum atomic E-state index is 4.62. The summed E-state index contributed by atoms with van der Waals surface area (Å²) in [5.74, 6) is 1.14. The molecule has 0 saturated carbocycles.